The van der Waals surface area contributed by atoms with E-state index in [1.807, 2.05) is 86.8 Å². The highest BCUT2D eigenvalue weighted by molar-refractivity contribution is 7.98. The fourth-order valence-corrected chi connectivity index (χ4v) is 8.19. The third-order valence-electron chi connectivity index (χ3n) is 9.76. The molecule has 50 heavy (non-hydrogen) atoms. The smallest absolute Gasteiger partial charge is 0.275 e. The van der Waals surface area contributed by atoms with Crippen molar-refractivity contribution in [3.8, 4) is 16.9 Å². The van der Waals surface area contributed by atoms with E-state index in [1.54, 1.807) is 6.07 Å². The standard InChI is InChI=1S/C39H41Cl2N5O3S/c1-22-19-28(20-23(2)35(22)41)49-18-7-11-30-31-14-15-32(40)34(33-24(3)42-44(5)25(33)4)36(31)46-17-8-16-45(39(48)37(30)46)27-10-6-9-26(21-27)38(47)43-50-29-12-13-29/h6,9-10,14-15,19-21,29H,7-8,11-13,16-18H2,1-5H3,(H,43,47). The van der Waals surface area contributed by atoms with Crippen LogP contribution in [0.1, 0.15) is 74.6 Å². The Bertz CT molecular complexity index is 2130. The van der Waals surface area contributed by atoms with E-state index in [2.05, 4.69) is 9.29 Å². The zero-order valence-electron chi connectivity index (χ0n) is 29.0. The summed E-state index contributed by atoms with van der Waals surface area (Å²) in [5, 5.41) is 7.58. The number of anilines is 1. The van der Waals surface area contributed by atoms with Crippen molar-refractivity contribution < 1.29 is 14.3 Å². The second kappa shape index (κ2) is 14.0. The molecular weight excluding hydrogens is 689 g/mol. The van der Waals surface area contributed by atoms with Crippen LogP contribution in [-0.4, -0.2) is 44.6 Å². The van der Waals surface area contributed by atoms with E-state index in [1.165, 1.54) is 11.9 Å². The van der Waals surface area contributed by atoms with Gasteiger partial charge in [0.05, 0.1) is 22.8 Å². The SMILES string of the molecule is Cc1cc(OCCCc2c3n(c4c(-c5c(C)nn(C)c5C)c(Cl)ccc24)CCCN(c2cccc(C(=O)NSC4CC4)c2)C3=O)cc(C)c1Cl. The van der Waals surface area contributed by atoms with Gasteiger partial charge in [0.15, 0.2) is 0 Å². The largest absolute Gasteiger partial charge is 0.494 e. The van der Waals surface area contributed by atoms with Gasteiger partial charge in [-0.1, -0.05) is 35.3 Å². The first-order valence-corrected chi connectivity index (χ1v) is 18.8. The molecule has 0 radical (unpaired) electrons. The van der Waals surface area contributed by atoms with E-state index < -0.39 is 0 Å². The maximum atomic E-state index is 14.9. The summed E-state index contributed by atoms with van der Waals surface area (Å²) < 4.78 is 13.2. The predicted octanol–water partition coefficient (Wildman–Crippen LogP) is 9.18. The molecule has 0 bridgehead atoms. The molecular formula is C39H41Cl2N5O3S. The highest BCUT2D eigenvalue weighted by Gasteiger charge is 2.33. The Morgan fingerprint density at radius 3 is 2.48 bits per heavy atom. The summed E-state index contributed by atoms with van der Waals surface area (Å²) in [7, 11) is 1.94. The van der Waals surface area contributed by atoms with Crippen molar-refractivity contribution in [2.75, 3.05) is 18.1 Å². The average molecular weight is 731 g/mol. The fraction of sp³-hybridized carbons (Fsp3) is 0.359. The van der Waals surface area contributed by atoms with Crippen LogP contribution < -0.4 is 14.4 Å². The number of benzene rings is 3. The molecule has 0 spiro atoms. The molecule has 2 aromatic heterocycles. The molecule has 3 aromatic carbocycles. The Labute approximate surface area is 307 Å². The minimum absolute atomic E-state index is 0.0924. The minimum Gasteiger partial charge on any atom is -0.494 e. The number of fused-ring (bicyclic) bond motifs is 3. The highest BCUT2D eigenvalue weighted by atomic mass is 35.5. The number of hydrogen-bond donors (Lipinski definition) is 1. The van der Waals surface area contributed by atoms with Gasteiger partial charge in [-0.05, 0) is 125 Å². The third-order valence-corrected chi connectivity index (χ3v) is 11.8. The number of aryl methyl sites for hydroxylation is 6. The van der Waals surface area contributed by atoms with Crippen LogP contribution in [0.25, 0.3) is 22.0 Å². The second-order valence-corrected chi connectivity index (χ2v) is 15.3. The number of carbonyl (C=O) groups excluding carboxylic acids is 2. The molecule has 2 amide bonds. The van der Waals surface area contributed by atoms with E-state index in [-0.39, 0.29) is 11.8 Å². The number of nitrogens with zero attached hydrogens (tertiary/aromatic N) is 4. The molecule has 7 rings (SSSR count). The van der Waals surface area contributed by atoms with Crippen molar-refractivity contribution in [3.05, 3.63) is 97.9 Å². The lowest BCUT2D eigenvalue weighted by Crippen LogP contribution is -2.32. The van der Waals surface area contributed by atoms with Crippen LogP contribution in [-0.2, 0) is 20.0 Å². The van der Waals surface area contributed by atoms with Crippen molar-refractivity contribution in [1.82, 2.24) is 19.1 Å². The molecule has 1 aliphatic carbocycles. The minimum atomic E-state index is -0.145. The van der Waals surface area contributed by atoms with Gasteiger partial charge in [-0.25, -0.2) is 0 Å². The molecule has 3 heterocycles. The Morgan fingerprint density at radius 1 is 1.02 bits per heavy atom. The Kier molecular flexibility index (Phi) is 9.67. The molecule has 11 heteroatoms. The number of nitrogens with one attached hydrogen (secondary N) is 1. The molecule has 1 aliphatic heterocycles. The first kappa shape index (κ1) is 34.5. The number of aromatic nitrogens is 3. The summed E-state index contributed by atoms with van der Waals surface area (Å²) in [5.41, 5.74) is 9.55. The molecule has 0 unspecified atom stereocenters. The molecule has 1 N–H and O–H groups in total. The molecule has 1 saturated carbocycles. The molecule has 1 fully saturated rings. The molecule has 260 valence electrons. The molecule has 2 aliphatic rings. The number of carbonyl (C=O) groups is 2. The van der Waals surface area contributed by atoms with Crippen molar-refractivity contribution in [3.63, 3.8) is 0 Å². The Morgan fingerprint density at radius 2 is 1.78 bits per heavy atom. The van der Waals surface area contributed by atoms with Crippen LogP contribution >= 0.6 is 35.1 Å². The van der Waals surface area contributed by atoms with Crippen LogP contribution in [0, 0.1) is 27.7 Å². The Hall–Kier alpha value is -3.92. The molecule has 8 nitrogen and oxygen atoms in total. The van der Waals surface area contributed by atoms with Gasteiger partial charge < -0.3 is 14.2 Å². The number of ether oxygens (including phenoxy) is 1. The van der Waals surface area contributed by atoms with Crippen LogP contribution in [0.5, 0.6) is 5.75 Å². The van der Waals surface area contributed by atoms with E-state index in [0.717, 1.165) is 80.1 Å². The highest BCUT2D eigenvalue weighted by Crippen LogP contribution is 2.43. The lowest BCUT2D eigenvalue weighted by molar-refractivity contribution is 0.0972. The maximum absolute atomic E-state index is 14.9. The summed E-state index contributed by atoms with van der Waals surface area (Å²) in [6.45, 7) is 9.63. The van der Waals surface area contributed by atoms with E-state index in [4.69, 9.17) is 33.0 Å². The van der Waals surface area contributed by atoms with E-state index in [0.29, 0.717) is 59.8 Å². The van der Waals surface area contributed by atoms with Gasteiger partial charge in [0.2, 0.25) is 0 Å². The first-order valence-electron chi connectivity index (χ1n) is 17.1. The predicted molar refractivity (Wildman–Crippen MR) is 204 cm³/mol. The zero-order chi connectivity index (χ0) is 35.3. The second-order valence-electron chi connectivity index (χ2n) is 13.4. The van der Waals surface area contributed by atoms with Crippen molar-refractivity contribution in [2.24, 2.45) is 7.05 Å². The number of amides is 2. The maximum Gasteiger partial charge on any atom is 0.275 e. The van der Waals surface area contributed by atoms with Gasteiger partial charge in [0.25, 0.3) is 11.8 Å². The van der Waals surface area contributed by atoms with Gasteiger partial charge in [0.1, 0.15) is 11.4 Å². The first-order chi connectivity index (χ1) is 24.0. The summed E-state index contributed by atoms with van der Waals surface area (Å²) >= 11 is 14.9. The van der Waals surface area contributed by atoms with E-state index in [9.17, 15) is 9.59 Å². The molecule has 0 atom stereocenters. The van der Waals surface area contributed by atoms with Crippen LogP contribution in [0.2, 0.25) is 10.0 Å². The summed E-state index contributed by atoms with van der Waals surface area (Å²) in [5.74, 6) is 0.543. The fourth-order valence-electron chi connectivity index (χ4n) is 7.07. The third kappa shape index (κ3) is 6.51. The van der Waals surface area contributed by atoms with Crippen molar-refractivity contribution in [2.45, 2.75) is 71.6 Å². The Balaban J connectivity index is 1.29. The van der Waals surface area contributed by atoms with Crippen LogP contribution in [0.4, 0.5) is 5.69 Å². The topological polar surface area (TPSA) is 81.4 Å². The average Bonchev–Trinajstić information content (AvgIpc) is 3.85. The normalized spacial score (nSPS) is 14.6. The monoisotopic (exact) mass is 729 g/mol. The van der Waals surface area contributed by atoms with Gasteiger partial charge in [-0.15, -0.1) is 0 Å². The van der Waals surface area contributed by atoms with Crippen molar-refractivity contribution in [1.29, 1.82) is 0 Å². The lowest BCUT2D eigenvalue weighted by atomic mass is 9.98. The molecule has 5 aromatic rings. The summed E-state index contributed by atoms with van der Waals surface area (Å²) in [6, 6.07) is 15.3. The van der Waals surface area contributed by atoms with Gasteiger partial charge >= 0.3 is 0 Å². The van der Waals surface area contributed by atoms with E-state index >= 15 is 0 Å². The number of hydrogen-bond acceptors (Lipinski definition) is 5. The summed E-state index contributed by atoms with van der Waals surface area (Å²) in [6.07, 6.45) is 4.30. The zero-order valence-corrected chi connectivity index (χ0v) is 31.4. The number of halogens is 2. The number of rotatable bonds is 10. The van der Waals surface area contributed by atoms with Crippen LogP contribution in [0.3, 0.4) is 0 Å². The van der Waals surface area contributed by atoms with Gasteiger partial charge in [-0.2, -0.15) is 5.10 Å². The summed E-state index contributed by atoms with van der Waals surface area (Å²) in [4.78, 5) is 29.7. The van der Waals surface area contributed by atoms with Crippen molar-refractivity contribution >= 4 is 63.6 Å². The molecule has 0 saturated heterocycles. The lowest BCUT2D eigenvalue weighted by Gasteiger charge is -2.22. The quantitative estimate of drug-likeness (QED) is 0.115. The van der Waals surface area contributed by atoms with Gasteiger partial charge in [-0.3, -0.25) is 19.0 Å². The van der Waals surface area contributed by atoms with Gasteiger partial charge in [0, 0.05) is 63.9 Å². The van der Waals surface area contributed by atoms with Crippen LogP contribution in [0.15, 0.2) is 48.5 Å².